The average molecular weight is 452 g/mol. The lowest BCUT2D eigenvalue weighted by atomic mass is 10.1. The van der Waals surface area contributed by atoms with Crippen LogP contribution in [0.4, 0.5) is 4.39 Å². The maximum absolute atomic E-state index is 13.7. The summed E-state index contributed by atoms with van der Waals surface area (Å²) < 4.78 is 36.5. The summed E-state index contributed by atoms with van der Waals surface area (Å²) in [5.74, 6) is 0.237. The fourth-order valence-corrected chi connectivity index (χ4v) is 3.93. The molecule has 6 nitrogen and oxygen atoms in total. The minimum atomic E-state index is -2.97. The number of aliphatic imine (C=N–C) groups is 1. The molecule has 1 heterocycles. The van der Waals surface area contributed by atoms with Gasteiger partial charge in [0.1, 0.15) is 5.82 Å². The number of hydrogen-bond acceptors (Lipinski definition) is 4. The summed E-state index contributed by atoms with van der Waals surface area (Å²) in [4.78, 5) is 4.00. The van der Waals surface area contributed by atoms with Crippen molar-refractivity contribution < 1.29 is 12.8 Å². The molecule has 23 heavy (non-hydrogen) atoms. The highest BCUT2D eigenvalue weighted by molar-refractivity contribution is 14.0. The van der Waals surface area contributed by atoms with Crippen LogP contribution in [-0.4, -0.2) is 39.0 Å². The number of nitrogens with zero attached hydrogens (tertiary/aromatic N) is 2. The molecule has 0 radical (unpaired) electrons. The van der Waals surface area contributed by atoms with Gasteiger partial charge in [0.25, 0.3) is 0 Å². The third kappa shape index (κ3) is 5.62. The van der Waals surface area contributed by atoms with Crippen LogP contribution >= 0.6 is 24.0 Å². The number of rotatable bonds is 3. The van der Waals surface area contributed by atoms with Gasteiger partial charge in [0.05, 0.1) is 23.1 Å². The van der Waals surface area contributed by atoms with Crippen LogP contribution < -0.4 is 10.6 Å². The van der Waals surface area contributed by atoms with Gasteiger partial charge in [-0.15, -0.1) is 24.0 Å². The van der Waals surface area contributed by atoms with Crippen LogP contribution in [0.15, 0.2) is 23.2 Å². The molecule has 2 rings (SSSR count). The molecule has 0 spiro atoms. The van der Waals surface area contributed by atoms with Crippen molar-refractivity contribution in [3.8, 4) is 6.07 Å². The van der Waals surface area contributed by atoms with Crippen molar-refractivity contribution in [1.29, 1.82) is 5.26 Å². The summed E-state index contributed by atoms with van der Waals surface area (Å²) in [6, 6.07) is 5.89. The van der Waals surface area contributed by atoms with Crippen LogP contribution in [0, 0.1) is 17.1 Å². The molecule has 1 aliphatic heterocycles. The van der Waals surface area contributed by atoms with Gasteiger partial charge in [-0.05, 0) is 24.6 Å². The Morgan fingerprint density at radius 2 is 2.26 bits per heavy atom. The number of sulfone groups is 1. The van der Waals surface area contributed by atoms with Gasteiger partial charge in [-0.1, -0.05) is 0 Å². The smallest absolute Gasteiger partial charge is 0.191 e. The van der Waals surface area contributed by atoms with Gasteiger partial charge < -0.3 is 10.6 Å². The highest BCUT2D eigenvalue weighted by Crippen LogP contribution is 2.12. The quantitative estimate of drug-likeness (QED) is 0.408. The third-order valence-electron chi connectivity index (χ3n) is 3.42. The largest absolute Gasteiger partial charge is 0.353 e. The Hall–Kier alpha value is -1.41. The lowest BCUT2D eigenvalue weighted by molar-refractivity contribution is 0.597. The van der Waals surface area contributed by atoms with Crippen LogP contribution in [0.2, 0.25) is 0 Å². The monoisotopic (exact) mass is 452 g/mol. The Balaban J connectivity index is 0.00000264. The Morgan fingerprint density at radius 1 is 1.52 bits per heavy atom. The first-order valence-electron chi connectivity index (χ1n) is 6.79. The number of nitriles is 1. The summed E-state index contributed by atoms with van der Waals surface area (Å²) in [5, 5.41) is 14.8. The normalized spacial score (nSPS) is 19.5. The van der Waals surface area contributed by atoms with E-state index in [1.165, 1.54) is 18.2 Å². The van der Waals surface area contributed by atoms with E-state index in [0.29, 0.717) is 23.5 Å². The number of benzene rings is 1. The maximum Gasteiger partial charge on any atom is 0.191 e. The number of halogens is 2. The van der Waals surface area contributed by atoms with Crippen molar-refractivity contribution >= 4 is 39.8 Å². The summed E-state index contributed by atoms with van der Waals surface area (Å²) in [7, 11) is -1.42. The van der Waals surface area contributed by atoms with E-state index in [1.807, 2.05) is 6.07 Å². The van der Waals surface area contributed by atoms with Crippen molar-refractivity contribution in [2.45, 2.75) is 19.0 Å². The standard InChI is InChI=1S/C14H17FN4O2S.HI/c1-17-14(19-12-4-5-22(20,21)9-12)18-8-11-6-10(7-16)2-3-13(11)15;/h2-3,6,12H,4-5,8-9H2,1H3,(H2,17,18,19);1H. The van der Waals surface area contributed by atoms with Crippen molar-refractivity contribution in [2.75, 3.05) is 18.6 Å². The number of nitrogens with one attached hydrogen (secondary N) is 2. The zero-order valence-corrected chi connectivity index (χ0v) is 15.7. The molecule has 0 aromatic heterocycles. The SMILES string of the molecule is CN=C(NCc1cc(C#N)ccc1F)NC1CCS(=O)(=O)C1.I. The maximum atomic E-state index is 13.7. The number of hydrogen-bond donors (Lipinski definition) is 2. The average Bonchev–Trinajstić information content (AvgIpc) is 2.83. The Bertz CT molecular complexity index is 731. The van der Waals surface area contributed by atoms with E-state index in [2.05, 4.69) is 15.6 Å². The van der Waals surface area contributed by atoms with E-state index >= 15 is 0 Å². The van der Waals surface area contributed by atoms with Gasteiger partial charge in [0, 0.05) is 25.2 Å². The minimum absolute atomic E-state index is 0. The summed E-state index contributed by atoms with van der Waals surface area (Å²) in [5.41, 5.74) is 0.726. The Labute approximate surface area is 152 Å². The van der Waals surface area contributed by atoms with Gasteiger partial charge in [0.15, 0.2) is 15.8 Å². The second kappa shape index (κ2) is 8.44. The molecule has 0 saturated carbocycles. The van der Waals surface area contributed by atoms with E-state index in [4.69, 9.17) is 5.26 Å². The molecule has 126 valence electrons. The molecule has 0 aliphatic carbocycles. The molecular weight excluding hydrogens is 434 g/mol. The lowest BCUT2D eigenvalue weighted by Crippen LogP contribution is -2.43. The molecule has 0 amide bonds. The molecule has 0 bridgehead atoms. The third-order valence-corrected chi connectivity index (χ3v) is 5.19. The van der Waals surface area contributed by atoms with Crippen molar-refractivity contribution in [2.24, 2.45) is 4.99 Å². The lowest BCUT2D eigenvalue weighted by Gasteiger charge is -2.16. The molecule has 1 aliphatic rings. The summed E-state index contributed by atoms with van der Waals surface area (Å²) in [6.45, 7) is 0.153. The van der Waals surface area contributed by atoms with Crippen LogP contribution in [-0.2, 0) is 16.4 Å². The molecule has 2 N–H and O–H groups in total. The van der Waals surface area contributed by atoms with E-state index < -0.39 is 15.7 Å². The second-order valence-electron chi connectivity index (χ2n) is 5.09. The Kier molecular flexibility index (Phi) is 7.21. The first-order chi connectivity index (χ1) is 10.4. The highest BCUT2D eigenvalue weighted by Gasteiger charge is 2.28. The van der Waals surface area contributed by atoms with Gasteiger partial charge in [-0.25, -0.2) is 12.8 Å². The fourth-order valence-electron chi connectivity index (χ4n) is 2.26. The fraction of sp³-hybridized carbons (Fsp3) is 0.429. The van der Waals surface area contributed by atoms with Crippen molar-refractivity contribution in [3.63, 3.8) is 0 Å². The zero-order valence-electron chi connectivity index (χ0n) is 12.5. The van der Waals surface area contributed by atoms with E-state index in [-0.39, 0.29) is 48.1 Å². The molecule has 1 atom stereocenters. The second-order valence-corrected chi connectivity index (χ2v) is 7.32. The minimum Gasteiger partial charge on any atom is -0.353 e. The van der Waals surface area contributed by atoms with Crippen molar-refractivity contribution in [1.82, 2.24) is 10.6 Å². The van der Waals surface area contributed by atoms with E-state index in [9.17, 15) is 12.8 Å². The van der Waals surface area contributed by atoms with Crippen molar-refractivity contribution in [3.05, 3.63) is 35.1 Å². The summed E-state index contributed by atoms with van der Waals surface area (Å²) >= 11 is 0. The van der Waals surface area contributed by atoms with Gasteiger partial charge in [-0.2, -0.15) is 5.26 Å². The first-order valence-corrected chi connectivity index (χ1v) is 8.62. The van der Waals surface area contributed by atoms with Crippen LogP contribution in [0.5, 0.6) is 0 Å². The zero-order chi connectivity index (χ0) is 16.2. The first kappa shape index (κ1) is 19.6. The van der Waals surface area contributed by atoms with Crippen LogP contribution in [0.1, 0.15) is 17.5 Å². The van der Waals surface area contributed by atoms with E-state index in [0.717, 1.165) is 0 Å². The summed E-state index contributed by atoms with van der Waals surface area (Å²) in [6.07, 6.45) is 0.529. The van der Waals surface area contributed by atoms with Gasteiger partial charge in [-0.3, -0.25) is 4.99 Å². The predicted octanol–water partition coefficient (Wildman–Crippen LogP) is 1.17. The topological polar surface area (TPSA) is 94.3 Å². The molecule has 1 aromatic rings. The molecular formula is C14H18FIN4O2S. The molecule has 1 aromatic carbocycles. The molecule has 1 unspecified atom stereocenters. The molecule has 1 saturated heterocycles. The van der Waals surface area contributed by atoms with E-state index in [1.54, 1.807) is 7.05 Å². The molecule has 9 heteroatoms. The number of guanidine groups is 1. The van der Waals surface area contributed by atoms with Gasteiger partial charge >= 0.3 is 0 Å². The predicted molar refractivity (Wildman–Crippen MR) is 96.9 cm³/mol. The molecule has 1 fully saturated rings. The highest BCUT2D eigenvalue weighted by atomic mass is 127. The van der Waals surface area contributed by atoms with Crippen LogP contribution in [0.3, 0.4) is 0 Å². The van der Waals surface area contributed by atoms with Crippen LogP contribution in [0.25, 0.3) is 0 Å². The Morgan fingerprint density at radius 3 is 2.83 bits per heavy atom. The van der Waals surface area contributed by atoms with Gasteiger partial charge in [0.2, 0.25) is 0 Å².